The monoisotopic (exact) mass is 390 g/mol. The third-order valence-corrected chi connectivity index (χ3v) is 5.25. The van der Waals surface area contributed by atoms with Crippen LogP contribution in [0, 0.1) is 0 Å². The number of benzene rings is 2. The quantitative estimate of drug-likeness (QED) is 0.498. The fourth-order valence-electron chi connectivity index (χ4n) is 2.97. The number of halogens is 3. The van der Waals surface area contributed by atoms with E-state index in [0.717, 1.165) is 17.8 Å². The zero-order chi connectivity index (χ0) is 19.2. The molecule has 0 spiro atoms. The number of aryl methyl sites for hydroxylation is 1. The van der Waals surface area contributed by atoms with Crippen molar-refractivity contribution in [3.05, 3.63) is 70.0 Å². The molecule has 138 valence electrons. The van der Waals surface area contributed by atoms with E-state index >= 15 is 0 Å². The molecule has 5 nitrogen and oxygen atoms in total. The van der Waals surface area contributed by atoms with Gasteiger partial charge < -0.3 is 0 Å². The van der Waals surface area contributed by atoms with Crippen molar-refractivity contribution in [2.45, 2.75) is 17.1 Å². The first kappa shape index (κ1) is 17.6. The van der Waals surface area contributed by atoms with Crippen molar-refractivity contribution in [2.75, 3.05) is 0 Å². The van der Waals surface area contributed by atoms with E-state index in [1.165, 1.54) is 16.7 Å². The summed E-state index contributed by atoms with van der Waals surface area (Å²) in [4.78, 5) is 12.4. The molecule has 0 radical (unpaired) electrons. The number of rotatable bonds is 3. The van der Waals surface area contributed by atoms with Crippen molar-refractivity contribution in [1.82, 2.24) is 19.2 Å². The van der Waals surface area contributed by atoms with Gasteiger partial charge in [0.1, 0.15) is 0 Å². The van der Waals surface area contributed by atoms with E-state index in [9.17, 15) is 18.0 Å². The van der Waals surface area contributed by atoms with Gasteiger partial charge >= 0.3 is 6.18 Å². The van der Waals surface area contributed by atoms with E-state index < -0.39 is 11.7 Å². The van der Waals surface area contributed by atoms with Crippen molar-refractivity contribution in [3.8, 4) is 0 Å². The third-order valence-electron chi connectivity index (χ3n) is 4.28. The average molecular weight is 390 g/mol. The van der Waals surface area contributed by atoms with Crippen LogP contribution in [-0.4, -0.2) is 19.2 Å². The fraction of sp³-hybridized carbons (Fsp3) is 0.167. The third kappa shape index (κ3) is 2.97. The molecule has 0 fully saturated rings. The van der Waals surface area contributed by atoms with E-state index in [1.807, 2.05) is 0 Å². The van der Waals surface area contributed by atoms with E-state index in [4.69, 9.17) is 0 Å². The summed E-state index contributed by atoms with van der Waals surface area (Å²) in [5.41, 5.74) is -0.0823. The highest BCUT2D eigenvalue weighted by molar-refractivity contribution is 7.98. The van der Waals surface area contributed by atoms with Gasteiger partial charge in [-0.25, -0.2) is 0 Å². The number of hydrogen-bond acceptors (Lipinski definition) is 4. The molecule has 0 aliphatic carbocycles. The molecule has 2 heterocycles. The lowest BCUT2D eigenvalue weighted by Crippen LogP contribution is -2.20. The number of thioether (sulfide) groups is 1. The molecule has 0 N–H and O–H groups in total. The Morgan fingerprint density at radius 2 is 1.74 bits per heavy atom. The number of hydrogen-bond donors (Lipinski definition) is 0. The summed E-state index contributed by atoms with van der Waals surface area (Å²) in [6.45, 7) is 0. The lowest BCUT2D eigenvalue weighted by atomic mass is 10.1. The van der Waals surface area contributed by atoms with Gasteiger partial charge in [-0.3, -0.25) is 13.8 Å². The lowest BCUT2D eigenvalue weighted by molar-refractivity contribution is -0.138. The lowest BCUT2D eigenvalue weighted by Gasteiger charge is -2.12. The maximum absolute atomic E-state index is 13.2. The van der Waals surface area contributed by atoms with E-state index in [0.29, 0.717) is 21.8 Å². The first-order chi connectivity index (χ1) is 12.9. The molecule has 27 heavy (non-hydrogen) atoms. The highest BCUT2D eigenvalue weighted by Crippen LogP contribution is 2.34. The molecule has 0 unspecified atom stereocenters. The molecule has 2 aromatic carbocycles. The fourth-order valence-corrected chi connectivity index (χ4v) is 3.91. The zero-order valence-corrected chi connectivity index (χ0v) is 14.9. The number of nitrogens with zero attached hydrogens (tertiary/aromatic N) is 4. The number of fused-ring (bicyclic) bond motifs is 3. The van der Waals surface area contributed by atoms with Crippen molar-refractivity contribution in [1.29, 1.82) is 0 Å². The van der Waals surface area contributed by atoms with Gasteiger partial charge in [0.25, 0.3) is 5.56 Å². The molecule has 0 bridgehead atoms. The van der Waals surface area contributed by atoms with Gasteiger partial charge in [0.15, 0.2) is 5.16 Å². The zero-order valence-electron chi connectivity index (χ0n) is 14.1. The number of alkyl halides is 3. The summed E-state index contributed by atoms with van der Waals surface area (Å²) in [6, 6.07) is 12.5. The van der Waals surface area contributed by atoms with E-state index in [-0.39, 0.29) is 16.9 Å². The molecule has 0 saturated heterocycles. The SMILES string of the molecule is Cn1c(=O)c2ccccc2n2c(SCc3ccccc3C(F)(F)F)nnc12. The van der Waals surface area contributed by atoms with E-state index in [1.54, 1.807) is 41.8 Å². The van der Waals surface area contributed by atoms with Crippen LogP contribution in [0.15, 0.2) is 58.5 Å². The second kappa shape index (κ2) is 6.41. The first-order valence-electron chi connectivity index (χ1n) is 7.98. The van der Waals surface area contributed by atoms with Crippen LogP contribution in [0.3, 0.4) is 0 Å². The Kier molecular flexibility index (Phi) is 4.18. The molecular weight excluding hydrogens is 377 g/mol. The minimum absolute atomic E-state index is 0.0770. The summed E-state index contributed by atoms with van der Waals surface area (Å²) < 4.78 is 42.6. The minimum Gasteiger partial charge on any atom is -0.279 e. The van der Waals surface area contributed by atoms with Crippen LogP contribution >= 0.6 is 11.8 Å². The summed E-state index contributed by atoms with van der Waals surface area (Å²) in [5, 5.41) is 9.05. The van der Waals surface area contributed by atoms with Crippen molar-refractivity contribution < 1.29 is 13.2 Å². The average Bonchev–Trinajstić information content (AvgIpc) is 3.08. The Morgan fingerprint density at radius 3 is 2.52 bits per heavy atom. The van der Waals surface area contributed by atoms with Gasteiger partial charge in [0.2, 0.25) is 5.78 Å². The summed E-state index contributed by atoms with van der Waals surface area (Å²) in [5.74, 6) is 0.415. The van der Waals surface area contributed by atoms with Gasteiger partial charge in [0.05, 0.1) is 16.5 Å². The molecule has 9 heteroatoms. The Labute approximate surface area is 155 Å². The highest BCUT2D eigenvalue weighted by Gasteiger charge is 2.32. The van der Waals surface area contributed by atoms with Gasteiger partial charge in [-0.05, 0) is 23.8 Å². The Hall–Kier alpha value is -2.81. The van der Waals surface area contributed by atoms with Crippen LogP contribution < -0.4 is 5.56 Å². The molecule has 0 aliphatic heterocycles. The molecule has 0 saturated carbocycles. The summed E-state index contributed by atoms with van der Waals surface area (Å²) in [6.07, 6.45) is -4.42. The van der Waals surface area contributed by atoms with Crippen molar-refractivity contribution >= 4 is 28.4 Å². The molecule has 2 aromatic heterocycles. The van der Waals surface area contributed by atoms with Gasteiger partial charge in [0, 0.05) is 12.8 Å². The summed E-state index contributed by atoms with van der Waals surface area (Å²) in [7, 11) is 1.59. The Morgan fingerprint density at radius 1 is 1.04 bits per heavy atom. The maximum Gasteiger partial charge on any atom is 0.416 e. The number of para-hydroxylation sites is 1. The second-order valence-electron chi connectivity index (χ2n) is 5.94. The molecule has 4 aromatic rings. The van der Waals surface area contributed by atoms with Crippen LogP contribution in [0.25, 0.3) is 16.7 Å². The van der Waals surface area contributed by atoms with E-state index in [2.05, 4.69) is 10.2 Å². The standard InChI is InChI=1S/C18H13F3N4OS/c1-24-15(26)12-7-3-5-9-14(12)25-16(24)22-23-17(25)27-10-11-6-2-4-8-13(11)18(19,20)21/h2-9H,10H2,1H3. The van der Waals surface area contributed by atoms with Crippen LogP contribution in [-0.2, 0) is 19.0 Å². The topological polar surface area (TPSA) is 52.2 Å². The van der Waals surface area contributed by atoms with Gasteiger partial charge in [-0.1, -0.05) is 42.1 Å². The Balaban J connectivity index is 1.80. The van der Waals surface area contributed by atoms with Crippen molar-refractivity contribution in [3.63, 3.8) is 0 Å². The highest BCUT2D eigenvalue weighted by atomic mass is 32.2. The maximum atomic E-state index is 13.2. The molecule has 0 amide bonds. The van der Waals surface area contributed by atoms with Gasteiger partial charge in [-0.15, -0.1) is 10.2 Å². The molecule has 0 atom stereocenters. The van der Waals surface area contributed by atoms with Crippen LogP contribution in [0.2, 0.25) is 0 Å². The predicted octanol–water partition coefficient (Wildman–Crippen LogP) is 3.89. The Bertz CT molecular complexity index is 1210. The number of aromatic nitrogens is 4. The molecule has 0 aliphatic rings. The predicted molar refractivity (Wildman–Crippen MR) is 96.7 cm³/mol. The van der Waals surface area contributed by atoms with Crippen LogP contribution in [0.1, 0.15) is 11.1 Å². The van der Waals surface area contributed by atoms with Crippen LogP contribution in [0.4, 0.5) is 13.2 Å². The van der Waals surface area contributed by atoms with Gasteiger partial charge in [-0.2, -0.15) is 13.2 Å². The first-order valence-corrected chi connectivity index (χ1v) is 8.97. The second-order valence-corrected chi connectivity index (χ2v) is 6.89. The van der Waals surface area contributed by atoms with Crippen molar-refractivity contribution in [2.24, 2.45) is 7.05 Å². The summed E-state index contributed by atoms with van der Waals surface area (Å²) >= 11 is 1.14. The normalized spacial score (nSPS) is 12.1. The molecule has 4 rings (SSSR count). The molecular formula is C18H13F3N4OS. The van der Waals surface area contributed by atoms with Crippen LogP contribution in [0.5, 0.6) is 0 Å². The largest absolute Gasteiger partial charge is 0.416 e. The minimum atomic E-state index is -4.42. The smallest absolute Gasteiger partial charge is 0.279 e.